The zero-order chi connectivity index (χ0) is 29.2. The lowest BCUT2D eigenvalue weighted by Gasteiger charge is -2.37. The molecule has 0 aliphatic carbocycles. The Bertz CT molecular complexity index is 1240. The summed E-state index contributed by atoms with van der Waals surface area (Å²) in [5.41, 5.74) is -15.0. The Morgan fingerprint density at radius 2 is 0.500 bits per heavy atom. The Labute approximate surface area is 198 Å². The maximum atomic E-state index is 14.8. The highest BCUT2D eigenvalue weighted by Gasteiger charge is 2.56. The fourth-order valence-electron chi connectivity index (χ4n) is 3.45. The lowest BCUT2D eigenvalue weighted by atomic mass is 9.76. The van der Waals surface area contributed by atoms with Crippen molar-refractivity contribution in [3.63, 3.8) is 0 Å². The Hall–Kier alpha value is -3.45. The predicted octanol–water partition coefficient (Wildman–Crippen LogP) is 5.05. The van der Waals surface area contributed by atoms with Gasteiger partial charge in [0, 0.05) is 0 Å². The molecule has 0 heterocycles. The first-order valence-corrected chi connectivity index (χ1v) is 9.04. The molecular formula is C19H2BF15O3. The van der Waals surface area contributed by atoms with Crippen molar-refractivity contribution in [2.24, 2.45) is 0 Å². The number of hydrogen-bond acceptors (Lipinski definition) is 3. The van der Waals surface area contributed by atoms with Gasteiger partial charge in [-0.15, -0.1) is 0 Å². The monoisotopic (exact) mass is 574 g/mol. The molecule has 3 aromatic rings. The zero-order valence-corrected chi connectivity index (χ0v) is 17.0. The minimum atomic E-state index is -5.43. The molecule has 0 bridgehead atoms. The predicted molar refractivity (Wildman–Crippen MR) is 89.9 cm³/mol. The van der Waals surface area contributed by atoms with Crippen molar-refractivity contribution in [1.29, 1.82) is 0 Å². The summed E-state index contributed by atoms with van der Waals surface area (Å²) < 4.78 is 218. The maximum absolute atomic E-state index is 14.8. The van der Waals surface area contributed by atoms with Crippen LogP contribution in [0, 0.1) is 87.3 Å². The van der Waals surface area contributed by atoms with Crippen LogP contribution < -0.4 is 0 Å². The Kier molecular flexibility index (Phi) is 7.43. The van der Waals surface area contributed by atoms with E-state index in [0.717, 1.165) is 0 Å². The van der Waals surface area contributed by atoms with Crippen molar-refractivity contribution in [3.05, 3.63) is 104 Å². The van der Waals surface area contributed by atoms with Gasteiger partial charge in [0.15, 0.2) is 75.4 Å². The molecule has 0 saturated carbocycles. The van der Waals surface area contributed by atoms with Crippen LogP contribution in [0.4, 0.5) is 65.9 Å². The summed E-state index contributed by atoms with van der Waals surface area (Å²) in [4.78, 5) is 0. The highest BCUT2D eigenvalue weighted by Crippen LogP contribution is 2.49. The van der Waals surface area contributed by atoms with Gasteiger partial charge in [0.1, 0.15) is 0 Å². The van der Waals surface area contributed by atoms with Crippen molar-refractivity contribution in [1.82, 2.24) is 0 Å². The van der Waals surface area contributed by atoms with Crippen molar-refractivity contribution in [2.75, 3.05) is 0 Å². The van der Waals surface area contributed by atoms with Gasteiger partial charge in [0.05, 0.1) is 16.7 Å². The molecule has 0 radical (unpaired) electrons. The number of hydrogen-bond donors (Lipinski definition) is 2. The van der Waals surface area contributed by atoms with Crippen LogP contribution in [0.5, 0.6) is 0 Å². The molecule has 0 aromatic heterocycles. The molecule has 0 spiro atoms. The third kappa shape index (κ3) is 3.87. The average Bonchev–Trinajstić information content (AvgIpc) is 2.85. The van der Waals surface area contributed by atoms with E-state index < -0.39 is 117 Å². The Morgan fingerprint density at radius 3 is 0.658 bits per heavy atom. The quantitative estimate of drug-likeness (QED) is 0.148. The summed E-state index contributed by atoms with van der Waals surface area (Å²) >= 11 is 0. The maximum Gasteiger partial charge on any atom is 0.635 e. The number of halogens is 15. The molecule has 3 rings (SSSR count). The number of rotatable bonds is 5. The van der Waals surface area contributed by atoms with Crippen molar-refractivity contribution < 1.29 is 80.6 Å². The first-order chi connectivity index (χ1) is 17.4. The topological polar surface area (TPSA) is 49.7 Å². The Balaban J connectivity index is 2.89. The van der Waals surface area contributed by atoms with Crippen molar-refractivity contribution >= 4 is 7.32 Å². The lowest BCUT2D eigenvalue weighted by Crippen LogP contribution is -2.45. The normalized spacial score (nSPS) is 11.9. The van der Waals surface area contributed by atoms with Crippen LogP contribution in [0.2, 0.25) is 0 Å². The zero-order valence-electron chi connectivity index (χ0n) is 17.0. The lowest BCUT2D eigenvalue weighted by molar-refractivity contribution is 0.0589. The minimum Gasteiger partial charge on any atom is -0.402 e. The van der Waals surface area contributed by atoms with Crippen LogP contribution in [-0.2, 0) is 10.3 Å². The molecule has 19 heteroatoms. The molecule has 3 aromatic carbocycles. The average molecular weight is 574 g/mol. The van der Waals surface area contributed by atoms with E-state index in [1.165, 1.54) is 0 Å². The van der Waals surface area contributed by atoms with Crippen LogP contribution in [0.1, 0.15) is 16.7 Å². The van der Waals surface area contributed by atoms with Crippen LogP contribution in [-0.4, -0.2) is 17.4 Å². The summed E-state index contributed by atoms with van der Waals surface area (Å²) in [6.45, 7) is 0. The molecule has 0 aliphatic rings. The summed E-state index contributed by atoms with van der Waals surface area (Å²) in [5.74, 6) is -49.2. The van der Waals surface area contributed by atoms with E-state index in [2.05, 4.69) is 4.65 Å². The molecule has 0 amide bonds. The molecule has 3 nitrogen and oxygen atoms in total. The van der Waals surface area contributed by atoms with Gasteiger partial charge in [0.2, 0.25) is 17.5 Å². The van der Waals surface area contributed by atoms with Crippen molar-refractivity contribution in [2.45, 2.75) is 5.60 Å². The van der Waals surface area contributed by atoms with Gasteiger partial charge in [-0.2, -0.15) is 0 Å². The fourth-order valence-corrected chi connectivity index (χ4v) is 3.45. The second kappa shape index (κ2) is 9.70. The SMILES string of the molecule is OB(O)OC(c1c(F)c(F)c(F)c(F)c1F)(c1c(F)c(F)c(F)c(F)c1F)c1c(F)c(F)c(F)c(F)c1F. The van der Waals surface area contributed by atoms with E-state index in [9.17, 15) is 75.9 Å². The summed E-state index contributed by atoms with van der Waals surface area (Å²) in [6, 6.07) is 0. The Morgan fingerprint density at radius 1 is 0.342 bits per heavy atom. The molecule has 0 unspecified atom stereocenters. The molecular weight excluding hydrogens is 572 g/mol. The summed E-state index contributed by atoms with van der Waals surface area (Å²) in [5, 5.41) is 18.4. The molecule has 38 heavy (non-hydrogen) atoms. The van der Waals surface area contributed by atoms with Gasteiger partial charge in [0.25, 0.3) is 0 Å². The van der Waals surface area contributed by atoms with E-state index in [4.69, 9.17) is 0 Å². The van der Waals surface area contributed by atoms with Crippen LogP contribution >= 0.6 is 0 Å². The van der Waals surface area contributed by atoms with Gasteiger partial charge >= 0.3 is 7.32 Å². The van der Waals surface area contributed by atoms with Gasteiger partial charge in [-0.25, -0.2) is 65.9 Å². The molecule has 0 saturated heterocycles. The third-order valence-corrected chi connectivity index (χ3v) is 4.97. The van der Waals surface area contributed by atoms with E-state index in [0.29, 0.717) is 0 Å². The minimum absolute atomic E-state index is 3.11. The molecule has 2 N–H and O–H groups in total. The summed E-state index contributed by atoms with van der Waals surface area (Å²) in [7, 11) is -3.99. The van der Waals surface area contributed by atoms with Gasteiger partial charge in [-0.3, -0.25) is 0 Å². The molecule has 0 aliphatic heterocycles. The van der Waals surface area contributed by atoms with Gasteiger partial charge < -0.3 is 14.7 Å². The van der Waals surface area contributed by atoms with Crippen LogP contribution in [0.15, 0.2) is 0 Å². The number of benzene rings is 3. The largest absolute Gasteiger partial charge is 0.635 e. The second-order valence-electron chi connectivity index (χ2n) is 6.96. The van der Waals surface area contributed by atoms with Crippen LogP contribution in [0.25, 0.3) is 0 Å². The third-order valence-electron chi connectivity index (χ3n) is 4.97. The highest BCUT2D eigenvalue weighted by molar-refractivity contribution is 6.33. The summed E-state index contributed by atoms with van der Waals surface area (Å²) in [6.07, 6.45) is 0. The van der Waals surface area contributed by atoms with E-state index in [-0.39, 0.29) is 0 Å². The molecule has 204 valence electrons. The molecule has 0 atom stereocenters. The smallest absolute Gasteiger partial charge is 0.402 e. The fraction of sp³-hybridized carbons (Fsp3) is 0.0526. The molecule has 0 fully saturated rings. The first-order valence-electron chi connectivity index (χ1n) is 9.04. The highest BCUT2D eigenvalue weighted by atomic mass is 19.2. The van der Waals surface area contributed by atoms with E-state index >= 15 is 0 Å². The second-order valence-corrected chi connectivity index (χ2v) is 6.96. The van der Waals surface area contributed by atoms with E-state index in [1.54, 1.807) is 0 Å². The van der Waals surface area contributed by atoms with E-state index in [1.807, 2.05) is 0 Å². The van der Waals surface area contributed by atoms with Crippen LogP contribution in [0.3, 0.4) is 0 Å². The first kappa shape index (κ1) is 29.1. The van der Waals surface area contributed by atoms with Crippen molar-refractivity contribution in [3.8, 4) is 0 Å². The van der Waals surface area contributed by atoms with Gasteiger partial charge in [-0.05, 0) is 0 Å². The van der Waals surface area contributed by atoms with Gasteiger partial charge in [-0.1, -0.05) is 0 Å². The standard InChI is InChI=1S/C19H2BF15O3/c21-4-1(5(22)11(28)16(33)10(4)27)19(38-20(36)37,2-6(23)12(29)17(34)13(30)7(2)24)3-8(25)14(31)18(35)15(32)9(3)26/h36-37H.